The highest BCUT2D eigenvalue weighted by Gasteiger charge is 2.25. The smallest absolute Gasteiger partial charge is 0.254 e. The van der Waals surface area contributed by atoms with Crippen molar-refractivity contribution >= 4 is 17.5 Å². The zero-order chi connectivity index (χ0) is 27.4. The lowest BCUT2D eigenvalue weighted by Crippen LogP contribution is -2.36. The Bertz CT molecular complexity index is 1470. The topological polar surface area (TPSA) is 104 Å². The van der Waals surface area contributed by atoms with E-state index in [2.05, 4.69) is 20.0 Å². The number of methoxy groups -OCH3 is 4. The fourth-order valence-corrected chi connectivity index (χ4v) is 4.95. The number of carbonyl (C=O) groups is 1. The number of carbonyl (C=O) groups excluding carboxylic acids is 1. The number of fused-ring (bicyclic) bond motifs is 1. The molecule has 3 heterocycles. The number of rotatable bonds is 8. The molecule has 4 aromatic rings. The Balaban J connectivity index is 1.41. The maximum Gasteiger partial charge on any atom is 0.254 e. The fourth-order valence-electron chi connectivity index (χ4n) is 4.95. The van der Waals surface area contributed by atoms with Crippen molar-refractivity contribution in [2.45, 2.75) is 12.8 Å². The molecule has 0 radical (unpaired) electrons. The molecule has 11 heteroatoms. The van der Waals surface area contributed by atoms with Gasteiger partial charge < -0.3 is 28.7 Å². The minimum Gasteiger partial charge on any atom is -0.497 e. The van der Waals surface area contributed by atoms with E-state index < -0.39 is 0 Å². The summed E-state index contributed by atoms with van der Waals surface area (Å²) >= 11 is 0. The van der Waals surface area contributed by atoms with Crippen LogP contribution in [0.15, 0.2) is 48.9 Å². The van der Waals surface area contributed by atoms with Gasteiger partial charge in [-0.1, -0.05) is 6.07 Å². The number of hydrogen-bond donors (Lipinski definition) is 0. The molecule has 0 aliphatic carbocycles. The number of benzene rings is 2. The van der Waals surface area contributed by atoms with Crippen LogP contribution < -0.4 is 23.8 Å². The number of hydrogen-bond acceptors (Lipinski definition) is 9. The van der Waals surface area contributed by atoms with Gasteiger partial charge in [0.1, 0.15) is 23.6 Å². The Labute approximate surface area is 226 Å². The van der Waals surface area contributed by atoms with Crippen molar-refractivity contribution < 1.29 is 23.7 Å². The molecule has 0 spiro atoms. The van der Waals surface area contributed by atoms with E-state index in [-0.39, 0.29) is 12.3 Å². The van der Waals surface area contributed by atoms with Gasteiger partial charge in [-0.25, -0.2) is 4.98 Å². The monoisotopic (exact) mass is 532 g/mol. The Kier molecular flexibility index (Phi) is 7.67. The normalized spacial score (nSPS) is 13.7. The molecule has 5 rings (SSSR count). The lowest BCUT2D eigenvalue weighted by Gasteiger charge is -2.26. The van der Waals surface area contributed by atoms with E-state index in [1.807, 2.05) is 47.5 Å². The first-order chi connectivity index (χ1) is 19.1. The van der Waals surface area contributed by atoms with Crippen LogP contribution in [0, 0.1) is 0 Å². The third kappa shape index (κ3) is 5.25. The lowest BCUT2D eigenvalue weighted by atomic mass is 10.1. The van der Waals surface area contributed by atoms with Gasteiger partial charge in [0, 0.05) is 43.5 Å². The second-order valence-corrected chi connectivity index (χ2v) is 9.11. The third-order valence-corrected chi connectivity index (χ3v) is 6.95. The predicted molar refractivity (Wildman–Crippen MR) is 146 cm³/mol. The van der Waals surface area contributed by atoms with E-state index in [0.717, 1.165) is 35.5 Å². The number of nitrogens with zero attached hydrogens (tertiary/aromatic N) is 6. The molecule has 204 valence electrons. The number of aromatic nitrogens is 4. The average molecular weight is 533 g/mol. The summed E-state index contributed by atoms with van der Waals surface area (Å²) in [5.41, 5.74) is 2.60. The molecule has 0 bridgehead atoms. The summed E-state index contributed by atoms with van der Waals surface area (Å²) in [4.78, 5) is 26.3. The maximum absolute atomic E-state index is 13.4. The van der Waals surface area contributed by atoms with Crippen LogP contribution in [0.5, 0.6) is 23.0 Å². The quantitative estimate of drug-likeness (QED) is 0.339. The van der Waals surface area contributed by atoms with Crippen molar-refractivity contribution in [2.24, 2.45) is 0 Å². The molecule has 39 heavy (non-hydrogen) atoms. The van der Waals surface area contributed by atoms with E-state index in [0.29, 0.717) is 48.4 Å². The Morgan fingerprint density at radius 1 is 0.846 bits per heavy atom. The van der Waals surface area contributed by atoms with Crippen LogP contribution in [0.4, 0.5) is 5.82 Å². The minimum atomic E-state index is 0.0455. The Hall–Kier alpha value is -4.54. The van der Waals surface area contributed by atoms with Crippen LogP contribution in [0.1, 0.15) is 12.0 Å². The molecule has 1 aliphatic heterocycles. The lowest BCUT2D eigenvalue weighted by molar-refractivity contribution is -0.130. The fraction of sp³-hybridized carbons (Fsp3) is 0.357. The second kappa shape index (κ2) is 11.5. The first kappa shape index (κ1) is 26.1. The molecule has 0 N–H and O–H groups in total. The number of amides is 1. The van der Waals surface area contributed by atoms with Gasteiger partial charge in [0.05, 0.1) is 34.9 Å². The third-order valence-electron chi connectivity index (χ3n) is 6.95. The highest BCUT2D eigenvalue weighted by Crippen LogP contribution is 2.36. The van der Waals surface area contributed by atoms with Gasteiger partial charge >= 0.3 is 0 Å². The summed E-state index contributed by atoms with van der Waals surface area (Å²) in [5.74, 6) is 4.06. The van der Waals surface area contributed by atoms with E-state index in [4.69, 9.17) is 18.9 Å². The molecule has 1 aliphatic rings. The zero-order valence-electron chi connectivity index (χ0n) is 22.6. The van der Waals surface area contributed by atoms with Crippen LogP contribution in [0.2, 0.25) is 0 Å². The van der Waals surface area contributed by atoms with E-state index in [1.165, 1.54) is 6.33 Å². The zero-order valence-corrected chi connectivity index (χ0v) is 22.6. The molecule has 0 unspecified atom stereocenters. The van der Waals surface area contributed by atoms with Crippen LogP contribution in [-0.2, 0) is 11.2 Å². The molecular weight excluding hydrogens is 500 g/mol. The van der Waals surface area contributed by atoms with Crippen molar-refractivity contribution in [1.29, 1.82) is 0 Å². The van der Waals surface area contributed by atoms with Crippen molar-refractivity contribution in [3.05, 3.63) is 54.5 Å². The summed E-state index contributed by atoms with van der Waals surface area (Å²) in [5, 5.41) is 4.47. The molecule has 1 fully saturated rings. The van der Waals surface area contributed by atoms with E-state index in [1.54, 1.807) is 33.0 Å². The van der Waals surface area contributed by atoms with Gasteiger partial charge in [-0.05, 0) is 42.3 Å². The molecule has 1 amide bonds. The maximum atomic E-state index is 13.4. The largest absolute Gasteiger partial charge is 0.497 e. The number of ether oxygens (including phenoxy) is 4. The summed E-state index contributed by atoms with van der Waals surface area (Å²) in [7, 11) is 6.44. The first-order valence-electron chi connectivity index (χ1n) is 12.7. The molecule has 2 aromatic heterocycles. The van der Waals surface area contributed by atoms with Crippen LogP contribution in [-0.4, -0.2) is 85.0 Å². The molecule has 11 nitrogen and oxygen atoms in total. The van der Waals surface area contributed by atoms with Gasteiger partial charge in [-0.2, -0.15) is 14.6 Å². The molecule has 0 saturated carbocycles. The van der Waals surface area contributed by atoms with Gasteiger partial charge in [0.15, 0.2) is 11.5 Å². The van der Waals surface area contributed by atoms with E-state index >= 15 is 0 Å². The van der Waals surface area contributed by atoms with Crippen molar-refractivity contribution in [1.82, 2.24) is 24.5 Å². The predicted octanol–water partition coefficient (Wildman–Crippen LogP) is 3.11. The highest BCUT2D eigenvalue weighted by molar-refractivity contribution is 5.81. The SMILES string of the molecule is COc1ccc(OC)c(CC(=O)N2CCCN(c3c(-c4ccc(OC)c(OC)c4)cnc4ncnn34)CC2)c1. The summed E-state index contributed by atoms with van der Waals surface area (Å²) < 4.78 is 23.5. The summed E-state index contributed by atoms with van der Waals surface area (Å²) in [6, 6.07) is 11.3. The van der Waals surface area contributed by atoms with Gasteiger partial charge in [0.2, 0.25) is 5.91 Å². The second-order valence-electron chi connectivity index (χ2n) is 9.11. The minimum absolute atomic E-state index is 0.0455. The van der Waals surface area contributed by atoms with Crippen molar-refractivity contribution in [2.75, 3.05) is 59.5 Å². The molecule has 0 atom stereocenters. The summed E-state index contributed by atoms with van der Waals surface area (Å²) in [6.45, 7) is 2.58. The van der Waals surface area contributed by atoms with E-state index in [9.17, 15) is 4.79 Å². The molecule has 1 saturated heterocycles. The van der Waals surface area contributed by atoms with Crippen LogP contribution >= 0.6 is 0 Å². The Morgan fingerprint density at radius 3 is 2.41 bits per heavy atom. The van der Waals surface area contributed by atoms with Gasteiger partial charge in [0.25, 0.3) is 5.78 Å². The van der Waals surface area contributed by atoms with Gasteiger partial charge in [-0.15, -0.1) is 0 Å². The first-order valence-corrected chi connectivity index (χ1v) is 12.7. The average Bonchev–Trinajstić information content (AvgIpc) is 3.32. The van der Waals surface area contributed by atoms with Crippen molar-refractivity contribution in [3.63, 3.8) is 0 Å². The Morgan fingerprint density at radius 2 is 1.64 bits per heavy atom. The standard InChI is InChI=1S/C28H32N6O5/c1-36-21-7-9-23(37-2)20(14-21)16-26(35)32-10-5-11-33(13-12-32)27-22(17-29-28-30-18-31-34(27)28)19-6-8-24(38-3)25(15-19)39-4/h6-9,14-15,17-18H,5,10-13,16H2,1-4H3. The van der Waals surface area contributed by atoms with Crippen LogP contribution in [0.3, 0.4) is 0 Å². The summed E-state index contributed by atoms with van der Waals surface area (Å²) in [6.07, 6.45) is 4.34. The molecular formula is C28H32N6O5. The highest BCUT2D eigenvalue weighted by atomic mass is 16.5. The van der Waals surface area contributed by atoms with Crippen molar-refractivity contribution in [3.8, 4) is 34.1 Å². The van der Waals surface area contributed by atoms with Gasteiger partial charge in [-0.3, -0.25) is 4.79 Å². The van der Waals surface area contributed by atoms with Crippen LogP contribution in [0.25, 0.3) is 16.9 Å². The molecule has 2 aromatic carbocycles. The number of anilines is 1.